The molecule has 192 valence electrons. The number of nitrogens with zero attached hydrogens (tertiary/aromatic N) is 1. The Morgan fingerprint density at radius 2 is 1.48 bits per heavy atom. The summed E-state index contributed by atoms with van der Waals surface area (Å²) in [6, 6.07) is 3.39. The number of ether oxygens (including phenoxy) is 3. The smallest absolute Gasteiger partial charge is 0.343 e. The van der Waals surface area contributed by atoms with Gasteiger partial charge in [0.1, 0.15) is 11.3 Å². The SMILES string of the molecule is CC.CC.CCC.CCCC.COCCn1cc(C(=O)OC)c(=O)c2cc(Br)c(OC)cc21. The molecule has 2 aromatic rings. The molecule has 7 heteroatoms. The monoisotopic (exact) mass is 531 g/mol. The molecule has 0 atom stereocenters. The molecule has 2 rings (SSSR count). The molecule has 0 aliphatic heterocycles. The highest BCUT2D eigenvalue weighted by atomic mass is 79.9. The summed E-state index contributed by atoms with van der Waals surface area (Å²) in [6.07, 6.45) is 5.38. The maximum absolute atomic E-state index is 12.5. The van der Waals surface area contributed by atoms with Crippen LogP contribution in [0.15, 0.2) is 27.6 Å². The van der Waals surface area contributed by atoms with Gasteiger partial charge in [-0.15, -0.1) is 0 Å². The third kappa shape index (κ3) is 12.8. The number of hydrogen-bond acceptors (Lipinski definition) is 5. The first-order valence-electron chi connectivity index (χ1n) is 11.8. The van der Waals surface area contributed by atoms with Crippen molar-refractivity contribution in [3.63, 3.8) is 0 Å². The third-order valence-corrected chi connectivity index (χ3v) is 4.42. The molecule has 0 aliphatic rings. The fraction of sp³-hybridized carbons (Fsp3) is 0.615. The van der Waals surface area contributed by atoms with Crippen LogP contribution in [-0.2, 0) is 16.0 Å². The second-order valence-electron chi connectivity index (χ2n) is 6.26. The van der Waals surface area contributed by atoms with E-state index in [2.05, 4.69) is 48.4 Å². The Balaban J connectivity index is -0.000000698. The minimum atomic E-state index is -0.662. The zero-order valence-electron chi connectivity index (χ0n) is 22.6. The van der Waals surface area contributed by atoms with E-state index in [9.17, 15) is 9.59 Å². The molecule has 33 heavy (non-hydrogen) atoms. The van der Waals surface area contributed by atoms with Crippen LogP contribution in [0.5, 0.6) is 5.75 Å². The number of esters is 1. The number of carbonyl (C=O) groups excluding carboxylic acids is 1. The number of hydrogen-bond donors (Lipinski definition) is 0. The Kier molecular flexibility index (Phi) is 25.2. The summed E-state index contributed by atoms with van der Waals surface area (Å²) >= 11 is 3.35. The van der Waals surface area contributed by atoms with Gasteiger partial charge in [-0.05, 0) is 22.0 Å². The molecule has 0 saturated carbocycles. The molecule has 1 aromatic carbocycles. The van der Waals surface area contributed by atoms with E-state index < -0.39 is 5.97 Å². The highest BCUT2D eigenvalue weighted by molar-refractivity contribution is 9.10. The van der Waals surface area contributed by atoms with Crippen molar-refractivity contribution in [2.24, 2.45) is 0 Å². The average Bonchev–Trinajstić information content (AvgIpc) is 2.86. The van der Waals surface area contributed by atoms with Crippen molar-refractivity contribution in [3.05, 3.63) is 38.6 Å². The molecule has 0 amide bonds. The van der Waals surface area contributed by atoms with Crippen molar-refractivity contribution in [3.8, 4) is 5.75 Å². The van der Waals surface area contributed by atoms with Gasteiger partial charge < -0.3 is 18.8 Å². The predicted molar refractivity (Wildman–Crippen MR) is 145 cm³/mol. The Morgan fingerprint density at radius 1 is 0.970 bits per heavy atom. The lowest BCUT2D eigenvalue weighted by atomic mass is 10.1. The van der Waals surface area contributed by atoms with Crippen molar-refractivity contribution >= 4 is 32.8 Å². The number of pyridine rings is 1. The molecule has 0 fully saturated rings. The van der Waals surface area contributed by atoms with E-state index >= 15 is 0 Å². The van der Waals surface area contributed by atoms with Crippen molar-refractivity contribution < 1.29 is 19.0 Å². The minimum Gasteiger partial charge on any atom is -0.495 e. The second-order valence-corrected chi connectivity index (χ2v) is 7.12. The first-order chi connectivity index (χ1) is 15.9. The van der Waals surface area contributed by atoms with Gasteiger partial charge in [-0.25, -0.2) is 4.79 Å². The third-order valence-electron chi connectivity index (χ3n) is 3.80. The fourth-order valence-corrected chi connectivity index (χ4v) is 2.68. The number of unbranched alkanes of at least 4 members (excludes halogenated alkanes) is 1. The van der Waals surface area contributed by atoms with Gasteiger partial charge in [0.25, 0.3) is 0 Å². The summed E-state index contributed by atoms with van der Waals surface area (Å²) in [4.78, 5) is 24.3. The first-order valence-corrected chi connectivity index (χ1v) is 12.6. The molecule has 0 aliphatic carbocycles. The lowest BCUT2D eigenvalue weighted by Crippen LogP contribution is -2.21. The van der Waals surface area contributed by atoms with E-state index in [1.165, 1.54) is 32.6 Å². The predicted octanol–water partition coefficient (Wildman–Crippen LogP) is 7.48. The molecule has 6 nitrogen and oxygen atoms in total. The van der Waals surface area contributed by atoms with Crippen molar-refractivity contribution in [2.75, 3.05) is 27.9 Å². The number of benzene rings is 1. The van der Waals surface area contributed by atoms with Crippen LogP contribution in [0.1, 0.15) is 85.0 Å². The van der Waals surface area contributed by atoms with Crippen molar-refractivity contribution in [1.29, 1.82) is 0 Å². The number of carbonyl (C=O) groups is 1. The van der Waals surface area contributed by atoms with Gasteiger partial charge in [0.05, 0.1) is 30.8 Å². The summed E-state index contributed by atoms with van der Waals surface area (Å²) in [7, 11) is 4.38. The van der Waals surface area contributed by atoms with Gasteiger partial charge in [0.15, 0.2) is 0 Å². The van der Waals surface area contributed by atoms with Gasteiger partial charge in [0.2, 0.25) is 5.43 Å². The van der Waals surface area contributed by atoms with E-state index in [1.807, 2.05) is 27.7 Å². The lowest BCUT2D eigenvalue weighted by Gasteiger charge is -2.14. The molecule has 0 radical (unpaired) electrons. The molecular weight excluding hydrogens is 486 g/mol. The maximum atomic E-state index is 12.5. The van der Waals surface area contributed by atoms with Gasteiger partial charge >= 0.3 is 5.97 Å². The van der Waals surface area contributed by atoms with Crippen LogP contribution >= 0.6 is 15.9 Å². The van der Waals surface area contributed by atoms with Crippen LogP contribution in [0.3, 0.4) is 0 Å². The van der Waals surface area contributed by atoms with E-state index in [0.717, 1.165) is 0 Å². The van der Waals surface area contributed by atoms with E-state index in [0.29, 0.717) is 34.3 Å². The maximum Gasteiger partial charge on any atom is 0.343 e. The second kappa shape index (κ2) is 23.3. The van der Waals surface area contributed by atoms with Crippen molar-refractivity contribution in [2.45, 2.75) is 81.2 Å². The molecule has 0 spiro atoms. The van der Waals surface area contributed by atoms with Crippen LogP contribution < -0.4 is 10.2 Å². The van der Waals surface area contributed by atoms with Crippen LogP contribution in [-0.4, -0.2) is 38.5 Å². The van der Waals surface area contributed by atoms with E-state index in [1.54, 1.807) is 30.9 Å². The number of fused-ring (bicyclic) bond motifs is 1. The standard InChI is InChI=1S/C15H16BrNO5.C4H10.C3H8.2C2H6/c1-20-5-4-17-8-10(15(19)22-3)14(18)9-6-11(16)13(21-2)7-12(9)17;1-3-4-2;1-3-2;2*1-2/h6-8H,4-5H2,1-3H3;3-4H2,1-2H3;3H2,1-2H3;2*1-2H3. The summed E-state index contributed by atoms with van der Waals surface area (Å²) in [5, 5.41) is 0.409. The van der Waals surface area contributed by atoms with E-state index in [-0.39, 0.29) is 11.0 Å². The van der Waals surface area contributed by atoms with Gasteiger partial charge in [-0.3, -0.25) is 4.79 Å². The van der Waals surface area contributed by atoms with Crippen molar-refractivity contribution in [1.82, 2.24) is 4.57 Å². The summed E-state index contributed by atoms with van der Waals surface area (Å²) in [6.45, 7) is 17.5. The zero-order chi connectivity index (χ0) is 26.4. The number of rotatable bonds is 6. The van der Waals surface area contributed by atoms with Crippen LogP contribution in [0, 0.1) is 0 Å². The number of methoxy groups -OCH3 is 3. The lowest BCUT2D eigenvalue weighted by molar-refractivity contribution is 0.0598. The fourth-order valence-electron chi connectivity index (χ4n) is 2.18. The molecular formula is C26H46BrNO5. The quantitative estimate of drug-likeness (QED) is 0.361. The largest absolute Gasteiger partial charge is 0.495 e. The number of aromatic nitrogens is 1. The number of halogens is 1. The summed E-state index contributed by atoms with van der Waals surface area (Å²) in [5.41, 5.74) is 0.275. The van der Waals surface area contributed by atoms with Crippen LogP contribution in [0.25, 0.3) is 10.9 Å². The molecule has 0 N–H and O–H groups in total. The molecule has 1 heterocycles. The molecule has 0 bridgehead atoms. The highest BCUT2D eigenvalue weighted by Crippen LogP contribution is 2.29. The van der Waals surface area contributed by atoms with E-state index in [4.69, 9.17) is 9.47 Å². The molecule has 0 saturated heterocycles. The van der Waals surface area contributed by atoms with Gasteiger partial charge in [-0.1, -0.05) is 74.7 Å². The molecule has 0 unspecified atom stereocenters. The van der Waals surface area contributed by atoms with Gasteiger partial charge in [0, 0.05) is 31.3 Å². The Bertz CT molecular complexity index is 816. The Hall–Kier alpha value is -1.86. The average molecular weight is 533 g/mol. The van der Waals surface area contributed by atoms with Crippen LogP contribution in [0.2, 0.25) is 0 Å². The molecule has 1 aromatic heterocycles. The van der Waals surface area contributed by atoms with Crippen LogP contribution in [0.4, 0.5) is 0 Å². The Labute approximate surface area is 209 Å². The normalized spacial score (nSPS) is 8.97. The zero-order valence-corrected chi connectivity index (χ0v) is 24.2. The Morgan fingerprint density at radius 3 is 1.88 bits per heavy atom. The summed E-state index contributed by atoms with van der Waals surface area (Å²) in [5.74, 6) is -0.0612. The minimum absolute atomic E-state index is 0.0110. The first kappa shape index (κ1) is 35.7. The summed E-state index contributed by atoms with van der Waals surface area (Å²) < 4.78 is 17.4. The topological polar surface area (TPSA) is 66.8 Å². The highest BCUT2D eigenvalue weighted by Gasteiger charge is 2.17. The van der Waals surface area contributed by atoms with Gasteiger partial charge in [-0.2, -0.15) is 0 Å².